The highest BCUT2D eigenvalue weighted by molar-refractivity contribution is 5.47. The van der Waals surface area contributed by atoms with E-state index in [4.69, 9.17) is 0 Å². The Morgan fingerprint density at radius 1 is 1.50 bits per heavy atom. The van der Waals surface area contributed by atoms with Crippen molar-refractivity contribution in [1.82, 2.24) is 9.78 Å². The summed E-state index contributed by atoms with van der Waals surface area (Å²) in [4.78, 5) is 0. The first-order valence-corrected chi connectivity index (χ1v) is 6.40. The van der Waals surface area contributed by atoms with Crippen LogP contribution < -0.4 is 5.32 Å². The lowest BCUT2D eigenvalue weighted by Crippen LogP contribution is -2.28. The van der Waals surface area contributed by atoms with Crippen molar-refractivity contribution < 1.29 is 0 Å². The minimum Gasteiger partial charge on any atom is -0.379 e. The Labute approximate surface area is 98.2 Å². The van der Waals surface area contributed by atoms with Crippen molar-refractivity contribution >= 4 is 5.69 Å². The largest absolute Gasteiger partial charge is 0.379 e. The highest BCUT2D eigenvalue weighted by atomic mass is 15.3. The van der Waals surface area contributed by atoms with Gasteiger partial charge in [-0.25, -0.2) is 0 Å². The molecule has 0 amide bonds. The molecule has 1 heterocycles. The van der Waals surface area contributed by atoms with E-state index in [1.54, 1.807) is 0 Å². The van der Waals surface area contributed by atoms with Gasteiger partial charge in [0.05, 0.1) is 11.4 Å². The molecule has 1 fully saturated rings. The van der Waals surface area contributed by atoms with Crippen LogP contribution in [0, 0.1) is 11.8 Å². The molecule has 90 valence electrons. The van der Waals surface area contributed by atoms with E-state index in [0.29, 0.717) is 12.0 Å². The number of hydrogen-bond acceptors (Lipinski definition) is 2. The molecule has 1 unspecified atom stereocenters. The van der Waals surface area contributed by atoms with Crippen molar-refractivity contribution in [3.8, 4) is 0 Å². The first-order valence-electron chi connectivity index (χ1n) is 6.40. The maximum atomic E-state index is 4.48. The molecule has 1 aliphatic rings. The maximum absolute atomic E-state index is 4.48. The van der Waals surface area contributed by atoms with E-state index in [-0.39, 0.29) is 0 Å². The van der Waals surface area contributed by atoms with E-state index in [2.05, 4.69) is 37.4 Å². The van der Waals surface area contributed by atoms with Gasteiger partial charge in [0.2, 0.25) is 0 Å². The summed E-state index contributed by atoms with van der Waals surface area (Å²) in [7, 11) is 1.99. The van der Waals surface area contributed by atoms with E-state index >= 15 is 0 Å². The molecule has 0 aliphatic heterocycles. The molecular weight excluding hydrogens is 198 g/mol. The first-order chi connectivity index (χ1) is 7.61. The number of anilines is 1. The van der Waals surface area contributed by atoms with Gasteiger partial charge >= 0.3 is 0 Å². The van der Waals surface area contributed by atoms with Crippen molar-refractivity contribution in [2.45, 2.75) is 46.1 Å². The predicted molar refractivity (Wildman–Crippen MR) is 67.6 cm³/mol. The molecule has 0 saturated heterocycles. The molecule has 1 atom stereocenters. The summed E-state index contributed by atoms with van der Waals surface area (Å²) < 4.78 is 1.91. The molecule has 3 nitrogen and oxygen atoms in total. The lowest BCUT2D eigenvalue weighted by molar-refractivity contribution is 0.476. The molecule has 0 aromatic carbocycles. The lowest BCUT2D eigenvalue weighted by Gasteiger charge is -2.23. The quantitative estimate of drug-likeness (QED) is 0.828. The van der Waals surface area contributed by atoms with E-state index in [0.717, 1.165) is 12.3 Å². The van der Waals surface area contributed by atoms with Crippen LogP contribution in [0.3, 0.4) is 0 Å². The Bertz CT molecular complexity index is 348. The van der Waals surface area contributed by atoms with Gasteiger partial charge in [-0.1, -0.05) is 20.8 Å². The molecule has 0 radical (unpaired) electrons. The van der Waals surface area contributed by atoms with Crippen molar-refractivity contribution in [2.24, 2.45) is 18.9 Å². The van der Waals surface area contributed by atoms with E-state index in [9.17, 15) is 0 Å². The second kappa shape index (κ2) is 4.48. The fourth-order valence-corrected chi connectivity index (χ4v) is 2.38. The molecule has 3 heteroatoms. The van der Waals surface area contributed by atoms with Gasteiger partial charge in [0.15, 0.2) is 0 Å². The summed E-state index contributed by atoms with van der Waals surface area (Å²) in [6, 6.07) is 0.620. The predicted octanol–water partition coefficient (Wildman–Crippen LogP) is 2.83. The second-order valence-corrected chi connectivity index (χ2v) is 5.27. The maximum Gasteiger partial charge on any atom is 0.0853 e. The molecule has 2 rings (SSSR count). The normalized spacial score (nSPS) is 17.8. The van der Waals surface area contributed by atoms with E-state index in [1.165, 1.54) is 24.2 Å². The van der Waals surface area contributed by atoms with Crippen LogP contribution in [0.4, 0.5) is 5.69 Å². The van der Waals surface area contributed by atoms with Crippen LogP contribution in [-0.2, 0) is 13.5 Å². The Balaban J connectivity index is 2.11. The van der Waals surface area contributed by atoms with Crippen LogP contribution in [0.25, 0.3) is 0 Å². The van der Waals surface area contributed by atoms with Gasteiger partial charge in [0.1, 0.15) is 0 Å². The van der Waals surface area contributed by atoms with Crippen molar-refractivity contribution in [1.29, 1.82) is 0 Å². The molecule has 1 aliphatic carbocycles. The Morgan fingerprint density at radius 3 is 2.69 bits per heavy atom. The summed E-state index contributed by atoms with van der Waals surface area (Å²) in [5, 5.41) is 8.17. The Kier molecular flexibility index (Phi) is 3.22. The van der Waals surface area contributed by atoms with Gasteiger partial charge < -0.3 is 5.32 Å². The zero-order chi connectivity index (χ0) is 11.7. The fourth-order valence-electron chi connectivity index (χ4n) is 2.38. The van der Waals surface area contributed by atoms with Gasteiger partial charge in [-0.3, -0.25) is 4.68 Å². The smallest absolute Gasteiger partial charge is 0.0853 e. The second-order valence-electron chi connectivity index (χ2n) is 5.27. The zero-order valence-corrected chi connectivity index (χ0v) is 10.8. The molecular formula is C13H23N3. The van der Waals surface area contributed by atoms with Gasteiger partial charge in [-0.05, 0) is 31.1 Å². The van der Waals surface area contributed by atoms with Crippen molar-refractivity contribution in [3.63, 3.8) is 0 Å². The van der Waals surface area contributed by atoms with Gasteiger partial charge in [0.25, 0.3) is 0 Å². The summed E-state index contributed by atoms with van der Waals surface area (Å²) in [6.45, 7) is 6.77. The summed E-state index contributed by atoms with van der Waals surface area (Å²) in [6.07, 6.45) is 5.88. The van der Waals surface area contributed by atoms with Gasteiger partial charge in [-0.2, -0.15) is 5.10 Å². The average Bonchev–Trinajstić information content (AvgIpc) is 2.99. The molecule has 1 aromatic rings. The third kappa shape index (κ3) is 2.39. The number of nitrogens with one attached hydrogen (secondary N) is 1. The van der Waals surface area contributed by atoms with E-state index < -0.39 is 0 Å². The van der Waals surface area contributed by atoms with Crippen LogP contribution in [-0.4, -0.2) is 15.8 Å². The van der Waals surface area contributed by atoms with Gasteiger partial charge in [-0.15, -0.1) is 0 Å². The summed E-state index contributed by atoms with van der Waals surface area (Å²) >= 11 is 0. The number of aryl methyl sites for hydroxylation is 2. The Hall–Kier alpha value is -0.990. The highest BCUT2D eigenvalue weighted by Crippen LogP contribution is 2.37. The number of nitrogens with zero attached hydrogens (tertiary/aromatic N) is 2. The highest BCUT2D eigenvalue weighted by Gasteiger charge is 2.33. The number of hydrogen-bond donors (Lipinski definition) is 1. The average molecular weight is 221 g/mol. The van der Waals surface area contributed by atoms with Gasteiger partial charge in [0, 0.05) is 19.3 Å². The third-order valence-electron chi connectivity index (χ3n) is 3.41. The molecule has 1 saturated carbocycles. The van der Waals surface area contributed by atoms with Crippen LogP contribution in [0.5, 0.6) is 0 Å². The summed E-state index contributed by atoms with van der Waals surface area (Å²) in [5.74, 6) is 1.57. The zero-order valence-electron chi connectivity index (χ0n) is 10.8. The standard InChI is InChI=1S/C13H23N3/c1-5-11-12(8-16(4)15-11)14-13(9(2)3)10-6-7-10/h8-10,13-14H,5-7H2,1-4H3. The number of aromatic nitrogens is 2. The minimum absolute atomic E-state index is 0.620. The Morgan fingerprint density at radius 2 is 2.19 bits per heavy atom. The SMILES string of the molecule is CCc1nn(C)cc1NC(C(C)C)C1CC1. The lowest BCUT2D eigenvalue weighted by atomic mass is 9.99. The molecule has 16 heavy (non-hydrogen) atoms. The van der Waals surface area contributed by atoms with Crippen LogP contribution in [0.15, 0.2) is 6.20 Å². The molecule has 1 N–H and O–H groups in total. The van der Waals surface area contributed by atoms with Crippen LogP contribution >= 0.6 is 0 Å². The van der Waals surface area contributed by atoms with Crippen LogP contribution in [0.1, 0.15) is 39.3 Å². The van der Waals surface area contributed by atoms with Crippen LogP contribution in [0.2, 0.25) is 0 Å². The van der Waals surface area contributed by atoms with Crippen molar-refractivity contribution in [2.75, 3.05) is 5.32 Å². The van der Waals surface area contributed by atoms with E-state index in [1.807, 2.05) is 11.7 Å². The molecule has 0 spiro atoms. The topological polar surface area (TPSA) is 29.9 Å². The molecule has 0 bridgehead atoms. The van der Waals surface area contributed by atoms with Crippen molar-refractivity contribution in [3.05, 3.63) is 11.9 Å². The first kappa shape index (κ1) is 11.5. The fraction of sp³-hybridized carbons (Fsp3) is 0.769. The number of rotatable bonds is 5. The monoisotopic (exact) mass is 221 g/mol. The summed E-state index contributed by atoms with van der Waals surface area (Å²) in [5.41, 5.74) is 2.42. The third-order valence-corrected chi connectivity index (χ3v) is 3.41. The minimum atomic E-state index is 0.620. The molecule has 1 aromatic heterocycles.